The van der Waals surface area contributed by atoms with Crippen molar-refractivity contribution in [3.63, 3.8) is 0 Å². The van der Waals surface area contributed by atoms with Gasteiger partial charge in [0.2, 0.25) is 0 Å². The number of hydrogen-bond donors (Lipinski definition) is 1. The molecule has 4 nitrogen and oxygen atoms in total. The van der Waals surface area contributed by atoms with E-state index in [-0.39, 0.29) is 12.5 Å². The number of nitriles is 1. The summed E-state index contributed by atoms with van der Waals surface area (Å²) < 4.78 is 5.34. The van der Waals surface area contributed by atoms with Gasteiger partial charge in [-0.05, 0) is 37.8 Å². The maximum absolute atomic E-state index is 11.9. The molecule has 106 valence electrons. The van der Waals surface area contributed by atoms with Crippen molar-refractivity contribution in [1.82, 2.24) is 5.32 Å². The van der Waals surface area contributed by atoms with E-state index >= 15 is 0 Å². The van der Waals surface area contributed by atoms with Crippen LogP contribution >= 0.6 is 23.2 Å². The van der Waals surface area contributed by atoms with E-state index in [1.807, 2.05) is 0 Å². The molecule has 0 radical (unpaired) electrons. The van der Waals surface area contributed by atoms with Crippen LogP contribution in [-0.2, 0) is 4.79 Å². The van der Waals surface area contributed by atoms with Crippen LogP contribution in [0.2, 0.25) is 10.0 Å². The fraction of sp³-hybridized carbons (Fsp3) is 0.429. The van der Waals surface area contributed by atoms with Gasteiger partial charge in [0.15, 0.2) is 6.61 Å². The van der Waals surface area contributed by atoms with Crippen molar-refractivity contribution in [2.45, 2.75) is 31.2 Å². The van der Waals surface area contributed by atoms with Crippen LogP contribution in [0, 0.1) is 11.3 Å². The van der Waals surface area contributed by atoms with Crippen LogP contribution in [0.5, 0.6) is 5.75 Å². The highest BCUT2D eigenvalue weighted by Gasteiger charge is 2.35. The average molecular weight is 313 g/mol. The quantitative estimate of drug-likeness (QED) is 0.927. The lowest BCUT2D eigenvalue weighted by atomic mass is 10.00. The second-order valence-electron chi connectivity index (χ2n) is 4.81. The Balaban J connectivity index is 1.92. The topological polar surface area (TPSA) is 62.1 Å². The number of nitrogens with zero attached hydrogens (tertiary/aromatic N) is 1. The SMILES string of the molecule is N#CC1(NC(=O)COc2cc(Cl)ccc2Cl)CCCC1. The summed E-state index contributed by atoms with van der Waals surface area (Å²) in [5, 5.41) is 12.8. The van der Waals surface area contributed by atoms with E-state index in [0.29, 0.717) is 28.6 Å². The molecule has 6 heteroatoms. The molecule has 1 fully saturated rings. The summed E-state index contributed by atoms with van der Waals surface area (Å²) in [6.45, 7) is -0.191. The van der Waals surface area contributed by atoms with E-state index in [9.17, 15) is 10.1 Å². The fourth-order valence-corrected chi connectivity index (χ4v) is 2.61. The van der Waals surface area contributed by atoms with Gasteiger partial charge in [-0.3, -0.25) is 4.79 Å². The van der Waals surface area contributed by atoms with Crippen LogP contribution in [0.4, 0.5) is 0 Å². The van der Waals surface area contributed by atoms with Gasteiger partial charge >= 0.3 is 0 Å². The third-order valence-corrected chi connectivity index (χ3v) is 3.85. The summed E-state index contributed by atoms with van der Waals surface area (Å²) in [7, 11) is 0. The van der Waals surface area contributed by atoms with Gasteiger partial charge in [-0.1, -0.05) is 23.2 Å². The van der Waals surface area contributed by atoms with Gasteiger partial charge in [-0.15, -0.1) is 0 Å². The molecule has 1 aromatic rings. The van der Waals surface area contributed by atoms with Crippen molar-refractivity contribution < 1.29 is 9.53 Å². The van der Waals surface area contributed by atoms with Crippen molar-refractivity contribution in [3.05, 3.63) is 28.2 Å². The Bertz CT molecular complexity index is 549. The second kappa shape index (κ2) is 6.34. The number of ether oxygens (including phenoxy) is 1. The maximum atomic E-state index is 11.9. The third kappa shape index (κ3) is 3.56. The standard InChI is InChI=1S/C14H14Cl2N2O2/c15-10-3-4-11(16)12(7-10)20-8-13(19)18-14(9-17)5-1-2-6-14/h3-4,7H,1-2,5-6,8H2,(H,18,19). The highest BCUT2D eigenvalue weighted by Crippen LogP contribution is 2.29. The van der Waals surface area contributed by atoms with Crippen molar-refractivity contribution in [1.29, 1.82) is 5.26 Å². The number of carbonyl (C=O) groups excluding carboxylic acids is 1. The third-order valence-electron chi connectivity index (χ3n) is 3.30. The number of halogens is 2. The van der Waals surface area contributed by atoms with Gasteiger partial charge in [0.05, 0.1) is 11.1 Å². The molecule has 0 spiro atoms. The van der Waals surface area contributed by atoms with Gasteiger partial charge < -0.3 is 10.1 Å². The molecule has 0 heterocycles. The number of benzene rings is 1. The molecular weight excluding hydrogens is 299 g/mol. The Morgan fingerprint density at radius 2 is 2.10 bits per heavy atom. The lowest BCUT2D eigenvalue weighted by molar-refractivity contribution is -0.124. The first-order valence-corrected chi connectivity index (χ1v) is 7.10. The molecule has 1 N–H and O–H groups in total. The van der Waals surface area contributed by atoms with Crippen LogP contribution < -0.4 is 10.1 Å². The van der Waals surface area contributed by atoms with E-state index in [0.717, 1.165) is 12.8 Å². The van der Waals surface area contributed by atoms with Gasteiger partial charge in [0.1, 0.15) is 11.3 Å². The molecule has 1 aliphatic rings. The number of carbonyl (C=O) groups is 1. The smallest absolute Gasteiger partial charge is 0.259 e. The molecule has 1 aromatic carbocycles. The summed E-state index contributed by atoms with van der Waals surface area (Å²) in [6.07, 6.45) is 3.28. The Kier molecular flexibility index (Phi) is 4.74. The van der Waals surface area contributed by atoms with Crippen molar-refractivity contribution in [2.75, 3.05) is 6.61 Å². The first-order valence-electron chi connectivity index (χ1n) is 6.35. The minimum atomic E-state index is -0.738. The van der Waals surface area contributed by atoms with E-state index in [4.69, 9.17) is 27.9 Å². The minimum absolute atomic E-state index is 0.191. The highest BCUT2D eigenvalue weighted by molar-refractivity contribution is 6.34. The largest absolute Gasteiger partial charge is 0.482 e. The molecule has 2 rings (SSSR count). The Hall–Kier alpha value is -1.44. The predicted octanol–water partition coefficient (Wildman–Crippen LogP) is 3.32. The predicted molar refractivity (Wildman–Crippen MR) is 76.9 cm³/mol. The number of amides is 1. The summed E-state index contributed by atoms with van der Waals surface area (Å²) in [5.41, 5.74) is -0.738. The summed E-state index contributed by atoms with van der Waals surface area (Å²) in [6, 6.07) is 6.98. The first-order chi connectivity index (χ1) is 9.54. The monoisotopic (exact) mass is 312 g/mol. The van der Waals surface area contributed by atoms with Crippen molar-refractivity contribution >= 4 is 29.1 Å². The van der Waals surface area contributed by atoms with Gasteiger partial charge in [0.25, 0.3) is 5.91 Å². The lowest BCUT2D eigenvalue weighted by Crippen LogP contribution is -2.47. The Morgan fingerprint density at radius 1 is 1.40 bits per heavy atom. The molecule has 20 heavy (non-hydrogen) atoms. The Morgan fingerprint density at radius 3 is 2.75 bits per heavy atom. The van der Waals surface area contributed by atoms with Gasteiger partial charge in [0, 0.05) is 11.1 Å². The van der Waals surface area contributed by atoms with Crippen molar-refractivity contribution in [2.24, 2.45) is 0 Å². The molecule has 1 amide bonds. The highest BCUT2D eigenvalue weighted by atomic mass is 35.5. The maximum Gasteiger partial charge on any atom is 0.259 e. The zero-order chi connectivity index (χ0) is 14.6. The molecule has 0 unspecified atom stereocenters. The van der Waals surface area contributed by atoms with E-state index in [1.54, 1.807) is 18.2 Å². The van der Waals surface area contributed by atoms with Crippen LogP contribution in [0.1, 0.15) is 25.7 Å². The minimum Gasteiger partial charge on any atom is -0.482 e. The molecule has 0 atom stereocenters. The summed E-state index contributed by atoms with van der Waals surface area (Å²) in [4.78, 5) is 11.9. The number of hydrogen-bond acceptors (Lipinski definition) is 3. The molecule has 0 aromatic heterocycles. The fourth-order valence-electron chi connectivity index (χ4n) is 2.28. The number of nitrogens with one attached hydrogen (secondary N) is 1. The van der Waals surface area contributed by atoms with E-state index in [1.165, 1.54) is 0 Å². The Labute approximate surface area is 127 Å². The zero-order valence-electron chi connectivity index (χ0n) is 10.8. The van der Waals surface area contributed by atoms with Crippen LogP contribution in [0.3, 0.4) is 0 Å². The summed E-state index contributed by atoms with van der Waals surface area (Å²) in [5.74, 6) is 0.0243. The normalized spacial score (nSPS) is 16.4. The number of rotatable bonds is 4. The van der Waals surface area contributed by atoms with Gasteiger partial charge in [-0.25, -0.2) is 0 Å². The molecule has 1 saturated carbocycles. The molecule has 0 aliphatic heterocycles. The lowest BCUT2D eigenvalue weighted by Gasteiger charge is -2.22. The van der Waals surface area contributed by atoms with E-state index in [2.05, 4.69) is 11.4 Å². The van der Waals surface area contributed by atoms with Crippen LogP contribution in [0.25, 0.3) is 0 Å². The van der Waals surface area contributed by atoms with E-state index < -0.39 is 5.54 Å². The zero-order valence-corrected chi connectivity index (χ0v) is 12.3. The molecule has 0 saturated heterocycles. The molecule has 1 aliphatic carbocycles. The van der Waals surface area contributed by atoms with Crippen LogP contribution in [0.15, 0.2) is 18.2 Å². The van der Waals surface area contributed by atoms with Crippen LogP contribution in [-0.4, -0.2) is 18.1 Å². The molecular formula is C14H14Cl2N2O2. The van der Waals surface area contributed by atoms with Gasteiger partial charge in [-0.2, -0.15) is 5.26 Å². The average Bonchev–Trinajstić information content (AvgIpc) is 2.89. The van der Waals surface area contributed by atoms with Crippen molar-refractivity contribution in [3.8, 4) is 11.8 Å². The second-order valence-corrected chi connectivity index (χ2v) is 5.66. The first kappa shape index (κ1) is 15.0. The summed E-state index contributed by atoms with van der Waals surface area (Å²) >= 11 is 11.8. The molecule has 0 bridgehead atoms.